The number of hydrogen-bond donors (Lipinski definition) is 1. The third kappa shape index (κ3) is 3.93. The molecule has 1 N–H and O–H groups in total. The molecule has 2 rings (SSSR count). The summed E-state index contributed by atoms with van der Waals surface area (Å²) >= 11 is 8.36. The monoisotopic (exact) mass is 421 g/mol. The maximum Gasteiger partial charge on any atom is 0.160 e. The zero-order valence-corrected chi connectivity index (χ0v) is 14.4. The van der Waals surface area contributed by atoms with Gasteiger partial charge in [-0.2, -0.15) is 0 Å². The predicted octanol–water partition coefficient (Wildman–Crippen LogP) is 5.31. The normalized spacial score (nSPS) is 12.4. The summed E-state index contributed by atoms with van der Waals surface area (Å²) in [5.74, 6) is -1.82. The van der Waals surface area contributed by atoms with Crippen molar-refractivity contribution in [3.8, 4) is 0 Å². The lowest BCUT2D eigenvalue weighted by Crippen LogP contribution is -2.24. The molecule has 2 aromatic carbocycles. The second kappa shape index (κ2) is 7.51. The van der Waals surface area contributed by atoms with Gasteiger partial charge in [0, 0.05) is 8.59 Å². The number of nitrogens with one attached hydrogen (secondary N) is 1. The molecule has 0 amide bonds. The molecule has 0 heterocycles. The topological polar surface area (TPSA) is 12.0 Å². The van der Waals surface area contributed by atoms with Crippen LogP contribution < -0.4 is 5.32 Å². The lowest BCUT2D eigenvalue weighted by molar-refractivity contribution is 0.503. The van der Waals surface area contributed by atoms with Crippen molar-refractivity contribution < 1.29 is 8.78 Å². The van der Waals surface area contributed by atoms with Crippen molar-refractivity contribution >= 4 is 34.2 Å². The van der Waals surface area contributed by atoms with Crippen LogP contribution in [0.15, 0.2) is 36.4 Å². The Morgan fingerprint density at radius 2 is 1.81 bits per heavy atom. The standard InChI is InChI=1S/C16H15ClF2IN/c1-2-7-21-16(10-5-3-4-6-15(10)20)11-8-13(18)14(19)9-12(11)17/h3-6,8-9,16,21H,2,7H2,1H3. The fourth-order valence-electron chi connectivity index (χ4n) is 2.14. The Balaban J connectivity index is 2.51. The van der Waals surface area contributed by atoms with Gasteiger partial charge in [0.25, 0.3) is 0 Å². The zero-order chi connectivity index (χ0) is 15.4. The fraction of sp³-hybridized carbons (Fsp3) is 0.250. The van der Waals surface area contributed by atoms with Crippen molar-refractivity contribution in [1.82, 2.24) is 5.32 Å². The van der Waals surface area contributed by atoms with Crippen LogP contribution in [0.2, 0.25) is 5.02 Å². The minimum Gasteiger partial charge on any atom is -0.306 e. The average molecular weight is 422 g/mol. The molecule has 0 aromatic heterocycles. The van der Waals surface area contributed by atoms with E-state index in [0.29, 0.717) is 5.56 Å². The van der Waals surface area contributed by atoms with E-state index in [1.54, 1.807) is 0 Å². The predicted molar refractivity (Wildman–Crippen MR) is 90.7 cm³/mol. The van der Waals surface area contributed by atoms with Gasteiger partial charge in [0.2, 0.25) is 0 Å². The van der Waals surface area contributed by atoms with Crippen molar-refractivity contribution in [3.63, 3.8) is 0 Å². The number of rotatable bonds is 5. The number of hydrogen-bond acceptors (Lipinski definition) is 1. The van der Waals surface area contributed by atoms with Crippen LogP contribution >= 0.6 is 34.2 Å². The first-order chi connectivity index (χ1) is 10.0. The van der Waals surface area contributed by atoms with Gasteiger partial charge in [0.1, 0.15) is 0 Å². The van der Waals surface area contributed by atoms with Gasteiger partial charge in [-0.05, 0) is 64.9 Å². The Morgan fingerprint density at radius 3 is 2.48 bits per heavy atom. The molecule has 0 radical (unpaired) electrons. The van der Waals surface area contributed by atoms with Crippen molar-refractivity contribution in [2.75, 3.05) is 6.54 Å². The van der Waals surface area contributed by atoms with Crippen LogP contribution in [0.3, 0.4) is 0 Å². The highest BCUT2D eigenvalue weighted by Crippen LogP contribution is 2.32. The van der Waals surface area contributed by atoms with E-state index in [-0.39, 0.29) is 11.1 Å². The van der Waals surface area contributed by atoms with E-state index in [4.69, 9.17) is 11.6 Å². The SMILES string of the molecule is CCCNC(c1cc(F)c(F)cc1Cl)c1ccccc1I. The maximum absolute atomic E-state index is 13.6. The summed E-state index contributed by atoms with van der Waals surface area (Å²) < 4.78 is 27.9. The van der Waals surface area contributed by atoms with Crippen LogP contribution in [-0.4, -0.2) is 6.54 Å². The van der Waals surface area contributed by atoms with Crippen LogP contribution in [0.4, 0.5) is 8.78 Å². The van der Waals surface area contributed by atoms with Crippen LogP contribution in [-0.2, 0) is 0 Å². The Hall–Kier alpha value is -0.720. The molecule has 0 bridgehead atoms. The van der Waals surface area contributed by atoms with Crippen molar-refractivity contribution in [3.05, 3.63) is 67.8 Å². The van der Waals surface area contributed by atoms with E-state index < -0.39 is 11.6 Å². The van der Waals surface area contributed by atoms with Gasteiger partial charge in [-0.25, -0.2) is 8.78 Å². The summed E-state index contributed by atoms with van der Waals surface area (Å²) in [5, 5.41) is 3.58. The van der Waals surface area contributed by atoms with Crippen LogP contribution in [0.5, 0.6) is 0 Å². The minimum atomic E-state index is -0.930. The molecule has 0 aliphatic carbocycles. The number of halogens is 4. The van der Waals surface area contributed by atoms with E-state index in [1.807, 2.05) is 31.2 Å². The molecule has 112 valence electrons. The van der Waals surface area contributed by atoms with Gasteiger partial charge >= 0.3 is 0 Å². The summed E-state index contributed by atoms with van der Waals surface area (Å²) in [7, 11) is 0. The first kappa shape index (κ1) is 16.6. The lowest BCUT2D eigenvalue weighted by Gasteiger charge is -2.22. The molecule has 1 nitrogen and oxygen atoms in total. The van der Waals surface area contributed by atoms with Gasteiger partial charge in [0.15, 0.2) is 11.6 Å². The van der Waals surface area contributed by atoms with Crippen molar-refractivity contribution in [1.29, 1.82) is 0 Å². The maximum atomic E-state index is 13.6. The Labute approximate surface area is 141 Å². The first-order valence-electron chi connectivity index (χ1n) is 6.66. The Kier molecular flexibility index (Phi) is 5.96. The van der Waals surface area contributed by atoms with Gasteiger partial charge in [-0.1, -0.05) is 36.7 Å². The van der Waals surface area contributed by atoms with Gasteiger partial charge in [-0.3, -0.25) is 0 Å². The second-order valence-electron chi connectivity index (χ2n) is 4.70. The quantitative estimate of drug-likeness (QED) is 0.509. The molecule has 5 heteroatoms. The molecule has 0 aliphatic heterocycles. The zero-order valence-electron chi connectivity index (χ0n) is 11.5. The highest BCUT2D eigenvalue weighted by molar-refractivity contribution is 14.1. The molecule has 21 heavy (non-hydrogen) atoms. The van der Waals surface area contributed by atoms with Gasteiger partial charge in [-0.15, -0.1) is 0 Å². The number of benzene rings is 2. The fourth-order valence-corrected chi connectivity index (χ4v) is 3.10. The average Bonchev–Trinajstić information content (AvgIpc) is 2.46. The highest BCUT2D eigenvalue weighted by Gasteiger charge is 2.20. The highest BCUT2D eigenvalue weighted by atomic mass is 127. The van der Waals surface area contributed by atoms with Gasteiger partial charge < -0.3 is 5.32 Å². The Bertz CT molecular complexity index is 634. The summed E-state index contributed by atoms with van der Waals surface area (Å²) in [6, 6.07) is 9.75. The largest absolute Gasteiger partial charge is 0.306 e. The van der Waals surface area contributed by atoms with Gasteiger partial charge in [0.05, 0.1) is 6.04 Å². The summed E-state index contributed by atoms with van der Waals surface area (Å²) in [5.41, 5.74) is 1.55. The minimum absolute atomic E-state index is 0.224. The third-order valence-electron chi connectivity index (χ3n) is 3.17. The molecular formula is C16H15ClF2IN. The molecule has 1 atom stereocenters. The summed E-state index contributed by atoms with van der Waals surface area (Å²) in [6.45, 7) is 2.80. The smallest absolute Gasteiger partial charge is 0.160 e. The van der Waals surface area contributed by atoms with E-state index in [0.717, 1.165) is 28.2 Å². The molecule has 0 aliphatic rings. The molecule has 0 saturated heterocycles. The molecule has 0 saturated carbocycles. The molecule has 1 unspecified atom stereocenters. The third-order valence-corrected chi connectivity index (χ3v) is 4.48. The second-order valence-corrected chi connectivity index (χ2v) is 6.27. The van der Waals surface area contributed by atoms with Crippen LogP contribution in [0.25, 0.3) is 0 Å². The summed E-state index contributed by atoms with van der Waals surface area (Å²) in [4.78, 5) is 0. The first-order valence-corrected chi connectivity index (χ1v) is 8.12. The van der Waals surface area contributed by atoms with Crippen LogP contribution in [0, 0.1) is 15.2 Å². The Morgan fingerprint density at radius 1 is 1.14 bits per heavy atom. The van der Waals surface area contributed by atoms with Crippen molar-refractivity contribution in [2.45, 2.75) is 19.4 Å². The van der Waals surface area contributed by atoms with E-state index >= 15 is 0 Å². The van der Waals surface area contributed by atoms with E-state index in [2.05, 4.69) is 27.9 Å². The van der Waals surface area contributed by atoms with Crippen LogP contribution in [0.1, 0.15) is 30.5 Å². The lowest BCUT2D eigenvalue weighted by atomic mass is 9.98. The summed E-state index contributed by atoms with van der Waals surface area (Å²) in [6.07, 6.45) is 0.932. The van der Waals surface area contributed by atoms with E-state index in [9.17, 15) is 8.78 Å². The van der Waals surface area contributed by atoms with E-state index in [1.165, 1.54) is 6.07 Å². The molecule has 0 fully saturated rings. The molecule has 0 spiro atoms. The molecule has 2 aromatic rings. The van der Waals surface area contributed by atoms with Crippen molar-refractivity contribution in [2.24, 2.45) is 0 Å². The molecular weight excluding hydrogens is 407 g/mol.